The number of carboxylic acid groups (broad SMARTS) is 1. The van der Waals surface area contributed by atoms with E-state index in [0.717, 1.165) is 0 Å². The Balaban J connectivity index is 2.35. The summed E-state index contributed by atoms with van der Waals surface area (Å²) in [5, 5.41) is 11.6. The molecular formula is C13H19NO3. The SMILES string of the molecule is C=CCC(CC=C)C(=O)NC1CC(C(=O)O)C1. The van der Waals surface area contributed by atoms with Gasteiger partial charge in [-0.25, -0.2) is 0 Å². The summed E-state index contributed by atoms with van der Waals surface area (Å²) in [7, 11) is 0. The van der Waals surface area contributed by atoms with E-state index in [1.54, 1.807) is 12.2 Å². The maximum Gasteiger partial charge on any atom is 0.306 e. The van der Waals surface area contributed by atoms with E-state index in [2.05, 4.69) is 18.5 Å². The van der Waals surface area contributed by atoms with Crippen LogP contribution in [0.5, 0.6) is 0 Å². The molecule has 1 fully saturated rings. The highest BCUT2D eigenvalue weighted by molar-refractivity contribution is 5.80. The Hall–Kier alpha value is -1.58. The minimum atomic E-state index is -0.774. The average Bonchev–Trinajstić information content (AvgIpc) is 2.21. The van der Waals surface area contributed by atoms with E-state index in [-0.39, 0.29) is 23.8 Å². The lowest BCUT2D eigenvalue weighted by molar-refractivity contribution is -0.146. The minimum absolute atomic E-state index is 0.0146. The number of carbonyl (C=O) groups excluding carboxylic acids is 1. The molecule has 0 aromatic carbocycles. The third-order valence-corrected chi connectivity index (χ3v) is 3.11. The van der Waals surface area contributed by atoms with Crippen molar-refractivity contribution in [2.24, 2.45) is 11.8 Å². The number of amides is 1. The van der Waals surface area contributed by atoms with Crippen LogP contribution in [-0.4, -0.2) is 23.0 Å². The van der Waals surface area contributed by atoms with Crippen molar-refractivity contribution in [1.29, 1.82) is 0 Å². The third-order valence-electron chi connectivity index (χ3n) is 3.11. The third kappa shape index (κ3) is 3.73. The summed E-state index contributed by atoms with van der Waals surface area (Å²) in [5.74, 6) is -1.23. The number of hydrogen-bond donors (Lipinski definition) is 2. The van der Waals surface area contributed by atoms with Gasteiger partial charge in [-0.3, -0.25) is 9.59 Å². The van der Waals surface area contributed by atoms with Gasteiger partial charge in [0.25, 0.3) is 0 Å². The second-order valence-corrected chi connectivity index (χ2v) is 4.46. The van der Waals surface area contributed by atoms with Crippen molar-refractivity contribution in [3.05, 3.63) is 25.3 Å². The van der Waals surface area contributed by atoms with E-state index < -0.39 is 5.97 Å². The highest BCUT2D eigenvalue weighted by atomic mass is 16.4. The van der Waals surface area contributed by atoms with Crippen LogP contribution in [0.2, 0.25) is 0 Å². The van der Waals surface area contributed by atoms with Gasteiger partial charge in [0.15, 0.2) is 0 Å². The van der Waals surface area contributed by atoms with E-state index in [1.807, 2.05) is 0 Å². The van der Waals surface area contributed by atoms with Gasteiger partial charge in [-0.1, -0.05) is 12.2 Å². The van der Waals surface area contributed by atoms with Crippen LogP contribution in [0, 0.1) is 11.8 Å². The fourth-order valence-corrected chi connectivity index (χ4v) is 1.97. The van der Waals surface area contributed by atoms with E-state index in [9.17, 15) is 9.59 Å². The lowest BCUT2D eigenvalue weighted by Gasteiger charge is -2.33. The van der Waals surface area contributed by atoms with Gasteiger partial charge in [0.05, 0.1) is 5.92 Å². The largest absolute Gasteiger partial charge is 0.481 e. The van der Waals surface area contributed by atoms with Gasteiger partial charge in [-0.2, -0.15) is 0 Å². The molecule has 1 amide bonds. The van der Waals surface area contributed by atoms with Gasteiger partial charge < -0.3 is 10.4 Å². The highest BCUT2D eigenvalue weighted by Crippen LogP contribution is 2.28. The predicted octanol–water partition coefficient (Wildman–Crippen LogP) is 1.73. The molecule has 0 aliphatic heterocycles. The Bertz CT molecular complexity index is 309. The molecule has 1 rings (SSSR count). The van der Waals surface area contributed by atoms with Crippen LogP contribution < -0.4 is 5.32 Å². The fourth-order valence-electron chi connectivity index (χ4n) is 1.97. The number of allylic oxidation sites excluding steroid dienone is 2. The molecule has 94 valence electrons. The molecule has 0 saturated heterocycles. The maximum atomic E-state index is 11.8. The molecule has 0 radical (unpaired) electrons. The molecule has 1 saturated carbocycles. The zero-order valence-electron chi connectivity index (χ0n) is 9.89. The number of carbonyl (C=O) groups is 2. The molecule has 1 aliphatic carbocycles. The van der Waals surface area contributed by atoms with Crippen molar-refractivity contribution >= 4 is 11.9 Å². The molecule has 17 heavy (non-hydrogen) atoms. The Morgan fingerprint density at radius 3 is 2.24 bits per heavy atom. The zero-order valence-corrected chi connectivity index (χ0v) is 9.89. The lowest BCUT2D eigenvalue weighted by Crippen LogP contribution is -2.48. The van der Waals surface area contributed by atoms with E-state index in [0.29, 0.717) is 25.7 Å². The summed E-state index contributed by atoms with van der Waals surface area (Å²) in [4.78, 5) is 22.5. The normalized spacial score (nSPS) is 22.6. The summed E-state index contributed by atoms with van der Waals surface area (Å²) in [6.07, 6.45) is 5.74. The molecule has 0 unspecified atom stereocenters. The van der Waals surface area contributed by atoms with Crippen molar-refractivity contribution in [3.8, 4) is 0 Å². The maximum absolute atomic E-state index is 11.8. The Morgan fingerprint density at radius 1 is 1.29 bits per heavy atom. The molecular weight excluding hydrogens is 218 g/mol. The number of aliphatic carboxylic acids is 1. The van der Waals surface area contributed by atoms with Gasteiger partial charge >= 0.3 is 5.97 Å². The highest BCUT2D eigenvalue weighted by Gasteiger charge is 2.35. The van der Waals surface area contributed by atoms with E-state index >= 15 is 0 Å². The molecule has 4 heteroatoms. The van der Waals surface area contributed by atoms with Crippen LogP contribution in [0.1, 0.15) is 25.7 Å². The topological polar surface area (TPSA) is 66.4 Å². The summed E-state index contributed by atoms with van der Waals surface area (Å²) >= 11 is 0. The van der Waals surface area contributed by atoms with Gasteiger partial charge in [0, 0.05) is 12.0 Å². The second-order valence-electron chi connectivity index (χ2n) is 4.46. The first-order valence-electron chi connectivity index (χ1n) is 5.83. The van der Waals surface area contributed by atoms with Gasteiger partial charge in [-0.15, -0.1) is 13.2 Å². The van der Waals surface area contributed by atoms with Crippen LogP contribution in [0.15, 0.2) is 25.3 Å². The number of nitrogens with one attached hydrogen (secondary N) is 1. The molecule has 0 spiro atoms. The molecule has 4 nitrogen and oxygen atoms in total. The predicted molar refractivity (Wildman–Crippen MR) is 65.4 cm³/mol. The second kappa shape index (κ2) is 6.23. The first-order chi connectivity index (χ1) is 8.08. The van der Waals surface area contributed by atoms with Crippen LogP contribution in [0.4, 0.5) is 0 Å². The fraction of sp³-hybridized carbons (Fsp3) is 0.538. The van der Waals surface area contributed by atoms with E-state index in [4.69, 9.17) is 5.11 Å². The summed E-state index contributed by atoms with van der Waals surface area (Å²) in [5.41, 5.74) is 0. The molecule has 0 heterocycles. The zero-order chi connectivity index (χ0) is 12.8. The quantitative estimate of drug-likeness (QED) is 0.663. The average molecular weight is 237 g/mol. The molecule has 0 aromatic rings. The van der Waals surface area contributed by atoms with Crippen molar-refractivity contribution in [3.63, 3.8) is 0 Å². The number of carboxylic acids is 1. The van der Waals surface area contributed by atoms with Crippen molar-refractivity contribution in [2.75, 3.05) is 0 Å². The van der Waals surface area contributed by atoms with Crippen molar-refractivity contribution in [1.82, 2.24) is 5.32 Å². The lowest BCUT2D eigenvalue weighted by atomic mass is 9.80. The monoisotopic (exact) mass is 237 g/mol. The van der Waals surface area contributed by atoms with Gasteiger partial charge in [0.2, 0.25) is 5.91 Å². The van der Waals surface area contributed by atoms with Crippen molar-refractivity contribution in [2.45, 2.75) is 31.7 Å². The molecule has 1 aliphatic rings. The van der Waals surface area contributed by atoms with Crippen molar-refractivity contribution < 1.29 is 14.7 Å². The standard InChI is InChI=1S/C13H19NO3/c1-3-5-9(6-4-2)12(15)14-11-7-10(8-11)13(16)17/h3-4,9-11H,1-2,5-8H2,(H,14,15)(H,16,17). The van der Waals surface area contributed by atoms with E-state index in [1.165, 1.54) is 0 Å². The van der Waals surface area contributed by atoms with Crippen LogP contribution in [0.25, 0.3) is 0 Å². The summed E-state index contributed by atoms with van der Waals surface area (Å²) in [6.45, 7) is 7.24. The van der Waals surface area contributed by atoms with Gasteiger partial charge in [0.1, 0.15) is 0 Å². The Morgan fingerprint density at radius 2 is 1.82 bits per heavy atom. The smallest absolute Gasteiger partial charge is 0.306 e. The number of rotatable bonds is 7. The van der Waals surface area contributed by atoms with Crippen LogP contribution in [0.3, 0.4) is 0 Å². The number of hydrogen-bond acceptors (Lipinski definition) is 2. The van der Waals surface area contributed by atoms with Crippen LogP contribution in [-0.2, 0) is 9.59 Å². The first kappa shape index (κ1) is 13.5. The molecule has 0 atom stereocenters. The first-order valence-corrected chi connectivity index (χ1v) is 5.83. The molecule has 0 aromatic heterocycles. The minimum Gasteiger partial charge on any atom is -0.481 e. The van der Waals surface area contributed by atoms with Gasteiger partial charge in [-0.05, 0) is 25.7 Å². The Labute approximate surface area is 101 Å². The van der Waals surface area contributed by atoms with Crippen LogP contribution >= 0.6 is 0 Å². The molecule has 2 N–H and O–H groups in total. The summed E-state index contributed by atoms with van der Waals surface area (Å²) in [6, 6.07) is 0.0146. The molecule has 0 bridgehead atoms. The summed E-state index contributed by atoms with van der Waals surface area (Å²) < 4.78 is 0. The Kier molecular flexibility index (Phi) is 4.94.